The number of hydrogen-bond acceptors (Lipinski definition) is 8. The first kappa shape index (κ1) is 28.2. The lowest BCUT2D eigenvalue weighted by molar-refractivity contribution is 0.0996. The van der Waals surface area contributed by atoms with Gasteiger partial charge < -0.3 is 24.7 Å². The molecule has 5 heterocycles. The number of amides is 1. The predicted octanol–water partition coefficient (Wildman–Crippen LogP) is 4.50. The zero-order chi connectivity index (χ0) is 29.9. The molecule has 3 fully saturated rings. The Morgan fingerprint density at radius 3 is 2.84 bits per heavy atom. The van der Waals surface area contributed by atoms with Crippen molar-refractivity contribution in [3.05, 3.63) is 46.9 Å². The minimum atomic E-state index is -0.884. The fourth-order valence-electron chi connectivity index (χ4n) is 7.62. The molecular weight excluding hydrogens is 556 g/mol. The molecule has 2 aromatic carbocycles. The Labute approximate surface area is 249 Å². The Balaban J connectivity index is 1.29. The molecule has 3 saturated heterocycles. The number of alkyl halides is 1. The van der Waals surface area contributed by atoms with Crippen molar-refractivity contribution in [2.75, 3.05) is 42.6 Å². The summed E-state index contributed by atoms with van der Waals surface area (Å²) in [7, 11) is 0. The van der Waals surface area contributed by atoms with E-state index in [0.29, 0.717) is 84.4 Å². The molecule has 3 aromatic rings. The summed E-state index contributed by atoms with van der Waals surface area (Å²) in [6.07, 6.45) is 3.30. The van der Waals surface area contributed by atoms with E-state index in [-0.39, 0.29) is 42.2 Å². The van der Waals surface area contributed by atoms with E-state index in [4.69, 9.17) is 14.7 Å². The minimum absolute atomic E-state index is 0.0279. The van der Waals surface area contributed by atoms with Gasteiger partial charge in [0.25, 0.3) is 5.91 Å². The van der Waals surface area contributed by atoms with Crippen molar-refractivity contribution in [1.29, 1.82) is 0 Å². The van der Waals surface area contributed by atoms with Gasteiger partial charge in [-0.25, -0.2) is 8.78 Å². The normalized spacial score (nSPS) is 25.8. The quantitative estimate of drug-likeness (QED) is 0.431. The number of hydrogen-bond donors (Lipinski definition) is 2. The number of carbonyl (C=O) groups is 1. The molecule has 3 atom stereocenters. The number of carbonyl (C=O) groups excluding carboxylic acids is 1. The Morgan fingerprint density at radius 1 is 1.14 bits per heavy atom. The number of aliphatic hydroxyl groups is 1. The van der Waals surface area contributed by atoms with Crippen LogP contribution in [0.4, 0.5) is 20.3 Å². The summed E-state index contributed by atoms with van der Waals surface area (Å²) in [5.41, 5.74) is 1.33. The van der Waals surface area contributed by atoms with E-state index in [9.17, 15) is 23.8 Å². The molecule has 9 nitrogen and oxygen atoms in total. The summed E-state index contributed by atoms with van der Waals surface area (Å²) in [5.74, 6) is -0.285. The molecule has 0 spiro atoms. The van der Waals surface area contributed by atoms with Gasteiger partial charge >= 0.3 is 6.01 Å². The van der Waals surface area contributed by atoms with Crippen LogP contribution in [0.25, 0.3) is 10.8 Å². The second kappa shape index (κ2) is 10.9. The fraction of sp³-hybridized carbons (Fsp3) is 0.531. The second-order valence-electron chi connectivity index (χ2n) is 12.4. The van der Waals surface area contributed by atoms with E-state index in [2.05, 4.69) is 4.90 Å². The van der Waals surface area contributed by atoms with Gasteiger partial charge in [-0.05, 0) is 68.2 Å². The molecule has 4 aliphatic heterocycles. The number of phenols is 1. The molecule has 4 aliphatic rings. The number of aromatic nitrogens is 2. The van der Waals surface area contributed by atoms with Crippen LogP contribution in [0.3, 0.4) is 0 Å². The lowest BCUT2D eigenvalue weighted by atomic mass is 9.95. The molecule has 0 radical (unpaired) electrons. The number of halogens is 2. The van der Waals surface area contributed by atoms with Gasteiger partial charge in [0.05, 0.1) is 29.6 Å². The summed E-state index contributed by atoms with van der Waals surface area (Å²) in [5, 5.41) is 22.1. The van der Waals surface area contributed by atoms with Gasteiger partial charge in [0, 0.05) is 37.5 Å². The van der Waals surface area contributed by atoms with Gasteiger partial charge in [0.2, 0.25) is 0 Å². The number of phenolic OH excluding ortho intramolecular Hbond substituents is 1. The van der Waals surface area contributed by atoms with E-state index < -0.39 is 12.3 Å². The second-order valence-corrected chi connectivity index (χ2v) is 12.4. The first-order valence-electron chi connectivity index (χ1n) is 15.4. The van der Waals surface area contributed by atoms with E-state index in [1.807, 2.05) is 11.8 Å². The maximum Gasteiger partial charge on any atom is 0.318 e. The molecule has 0 aliphatic carbocycles. The minimum Gasteiger partial charge on any atom is -0.508 e. The smallest absolute Gasteiger partial charge is 0.318 e. The Morgan fingerprint density at radius 2 is 2.00 bits per heavy atom. The van der Waals surface area contributed by atoms with Crippen molar-refractivity contribution in [2.45, 2.75) is 76.2 Å². The van der Waals surface area contributed by atoms with Crippen LogP contribution < -0.4 is 14.5 Å². The lowest BCUT2D eigenvalue weighted by Gasteiger charge is -2.31. The van der Waals surface area contributed by atoms with Crippen molar-refractivity contribution >= 4 is 28.2 Å². The van der Waals surface area contributed by atoms with Crippen LogP contribution in [0.5, 0.6) is 11.8 Å². The average molecular weight is 594 g/mol. The predicted molar refractivity (Wildman–Crippen MR) is 158 cm³/mol. The summed E-state index contributed by atoms with van der Waals surface area (Å²) < 4.78 is 35.6. The van der Waals surface area contributed by atoms with Gasteiger partial charge in [0.1, 0.15) is 35.7 Å². The number of rotatable bonds is 6. The van der Waals surface area contributed by atoms with Crippen LogP contribution in [0.15, 0.2) is 24.3 Å². The Kier molecular flexibility index (Phi) is 7.12. The van der Waals surface area contributed by atoms with E-state index in [1.54, 1.807) is 12.1 Å². The van der Waals surface area contributed by atoms with E-state index >= 15 is 0 Å². The van der Waals surface area contributed by atoms with Crippen molar-refractivity contribution < 1.29 is 28.5 Å². The van der Waals surface area contributed by atoms with Crippen molar-refractivity contribution in [2.24, 2.45) is 0 Å². The molecule has 43 heavy (non-hydrogen) atoms. The van der Waals surface area contributed by atoms with Gasteiger partial charge in [0.15, 0.2) is 0 Å². The highest BCUT2D eigenvalue weighted by Crippen LogP contribution is 2.43. The highest BCUT2D eigenvalue weighted by molar-refractivity contribution is 6.16. The molecule has 1 amide bonds. The zero-order valence-corrected chi connectivity index (χ0v) is 24.4. The topological polar surface area (TPSA) is 102 Å². The average Bonchev–Trinajstić information content (AvgIpc) is 3.56. The van der Waals surface area contributed by atoms with Gasteiger partial charge in [-0.15, -0.1) is 0 Å². The fourth-order valence-corrected chi connectivity index (χ4v) is 7.62. The third kappa shape index (κ3) is 4.86. The molecule has 2 N–H and O–H groups in total. The first-order chi connectivity index (χ1) is 20.8. The van der Waals surface area contributed by atoms with Crippen LogP contribution in [-0.4, -0.2) is 81.6 Å². The molecule has 0 saturated carbocycles. The highest BCUT2D eigenvalue weighted by Gasteiger charge is 2.49. The first-order valence-corrected chi connectivity index (χ1v) is 15.4. The van der Waals surface area contributed by atoms with E-state index in [0.717, 1.165) is 25.8 Å². The number of benzene rings is 2. The van der Waals surface area contributed by atoms with E-state index in [1.165, 1.54) is 17.0 Å². The number of fused-ring (bicyclic) bond motifs is 3. The van der Waals surface area contributed by atoms with Crippen molar-refractivity contribution in [3.8, 4) is 11.8 Å². The van der Waals surface area contributed by atoms with Crippen LogP contribution in [0.1, 0.15) is 67.1 Å². The molecule has 1 unspecified atom stereocenters. The molecule has 11 heteroatoms. The standard InChI is InChI=1S/C32H37F2N5O4/c1-2-23-24(34)7-6-19-13-22(41)14-26(27(19)23)39-17-25-28(30(39)42)29(37-10-3-5-21(40)8-12-37)36-31(35-25)43-18-32-9-4-11-38(32)16-20(33)15-32/h6-7,13-14,20-21,40-41H,2-5,8-12,15-18H2,1H3/t20-,21?,32+/m1/s1. The zero-order valence-electron chi connectivity index (χ0n) is 24.4. The lowest BCUT2D eigenvalue weighted by Crippen LogP contribution is -2.43. The molecule has 1 aromatic heterocycles. The number of ether oxygens (including phenoxy) is 1. The Bertz CT molecular complexity index is 1590. The maximum absolute atomic E-state index is 14.9. The highest BCUT2D eigenvalue weighted by atomic mass is 19.1. The molecule has 228 valence electrons. The number of aryl methyl sites for hydroxylation is 1. The van der Waals surface area contributed by atoms with Crippen LogP contribution in [-0.2, 0) is 13.0 Å². The monoisotopic (exact) mass is 593 g/mol. The van der Waals surface area contributed by atoms with Crippen LogP contribution in [0.2, 0.25) is 0 Å². The SMILES string of the molecule is CCc1c(F)ccc2cc(O)cc(N3Cc4nc(OC[C@@]56CCCN5C[C@H](F)C6)nc(N5CCCC(O)CC5)c4C3=O)c12. The summed E-state index contributed by atoms with van der Waals surface area (Å²) in [6.45, 7) is 4.59. The number of anilines is 2. The van der Waals surface area contributed by atoms with Gasteiger partial charge in [-0.2, -0.15) is 9.97 Å². The Hall–Kier alpha value is -3.57. The molecule has 0 bridgehead atoms. The van der Waals surface area contributed by atoms with Crippen LogP contribution in [0, 0.1) is 5.82 Å². The molecule has 7 rings (SSSR count). The number of aromatic hydroxyl groups is 1. The largest absolute Gasteiger partial charge is 0.508 e. The number of nitrogens with zero attached hydrogens (tertiary/aromatic N) is 5. The molecular formula is C32H37F2N5O4. The third-order valence-electron chi connectivity index (χ3n) is 9.72. The van der Waals surface area contributed by atoms with Crippen LogP contribution >= 0.6 is 0 Å². The summed E-state index contributed by atoms with van der Waals surface area (Å²) in [4.78, 5) is 29.4. The summed E-state index contributed by atoms with van der Waals surface area (Å²) in [6, 6.07) is 6.20. The maximum atomic E-state index is 14.9. The van der Waals surface area contributed by atoms with Gasteiger partial charge in [-0.3, -0.25) is 9.69 Å². The third-order valence-corrected chi connectivity index (χ3v) is 9.72. The number of aliphatic hydroxyl groups excluding tert-OH is 1. The summed E-state index contributed by atoms with van der Waals surface area (Å²) >= 11 is 0. The van der Waals surface area contributed by atoms with Crippen molar-refractivity contribution in [3.63, 3.8) is 0 Å². The van der Waals surface area contributed by atoms with Gasteiger partial charge in [-0.1, -0.05) is 13.0 Å². The van der Waals surface area contributed by atoms with Crippen molar-refractivity contribution in [1.82, 2.24) is 14.9 Å².